The van der Waals surface area contributed by atoms with Gasteiger partial charge in [-0.3, -0.25) is 14.4 Å². The molecule has 2 unspecified atom stereocenters. The molecule has 2 atom stereocenters. The van der Waals surface area contributed by atoms with Gasteiger partial charge in [0.15, 0.2) is 6.61 Å². The Kier molecular flexibility index (Phi) is 8.35. The Balaban J connectivity index is 1.09. The second-order valence-corrected chi connectivity index (χ2v) is 12.3. The quantitative estimate of drug-likeness (QED) is 0.506. The summed E-state index contributed by atoms with van der Waals surface area (Å²) in [5, 5.41) is 8.20. The maximum atomic E-state index is 13.1. The first-order valence-electron chi connectivity index (χ1n) is 13.8. The third-order valence-corrected chi connectivity index (χ3v) is 9.23. The maximum Gasteiger partial charge on any atom is 0.278 e. The molecule has 0 radical (unpaired) electrons. The number of alkyl halides is 2. The number of aryl methyl sites for hydroxylation is 2. The second kappa shape index (κ2) is 11.6. The third-order valence-electron chi connectivity index (χ3n) is 8.16. The molecule has 2 aromatic rings. The number of thiazole rings is 1. The van der Waals surface area contributed by atoms with Gasteiger partial charge in [0.05, 0.1) is 23.4 Å². The lowest BCUT2D eigenvalue weighted by Gasteiger charge is -2.37. The summed E-state index contributed by atoms with van der Waals surface area (Å²) >= 11 is 1.38. The Bertz CT molecular complexity index is 1110. The van der Waals surface area contributed by atoms with Gasteiger partial charge in [0.25, 0.3) is 11.1 Å². The molecular weight excluding hydrogens is 512 g/mol. The summed E-state index contributed by atoms with van der Waals surface area (Å²) in [5.74, 6) is -2.37. The standard InChI is InChI=1S/C27H39F2N5O3S/c1-27(28,29)16-37-26-31-22-14-34(12-11-24(22)38-26)15-23(36-3)17-7-9-18(10-8-17)30-25(35)19-5-4-6-21-20(19)13-33(2)32-21/h13,17-19,23H,4-12,14-16H2,1-3H3,(H,30,35). The first kappa shape index (κ1) is 27.5. The van der Waals surface area contributed by atoms with Crippen LogP contribution in [0.15, 0.2) is 6.20 Å². The first-order chi connectivity index (χ1) is 18.2. The number of nitrogens with one attached hydrogen (secondary N) is 1. The summed E-state index contributed by atoms with van der Waals surface area (Å²) in [7, 11) is 3.70. The molecule has 11 heteroatoms. The lowest BCUT2D eigenvalue weighted by atomic mass is 9.81. The second-order valence-electron chi connectivity index (χ2n) is 11.2. The molecule has 1 N–H and O–H groups in total. The number of halogens is 2. The molecule has 210 valence electrons. The molecule has 5 rings (SSSR count). The number of hydrogen-bond donors (Lipinski definition) is 1. The van der Waals surface area contributed by atoms with Gasteiger partial charge in [0.1, 0.15) is 0 Å². The van der Waals surface area contributed by atoms with Crippen LogP contribution in [0.2, 0.25) is 0 Å². The summed E-state index contributed by atoms with van der Waals surface area (Å²) in [6.07, 6.45) is 9.77. The predicted octanol–water partition coefficient (Wildman–Crippen LogP) is 4.08. The van der Waals surface area contributed by atoms with E-state index in [2.05, 4.69) is 20.3 Å². The molecule has 0 saturated heterocycles. The SMILES string of the molecule is COC(CN1CCc2sc(OCC(C)(F)F)nc2C1)C1CCC(NC(=O)C2CCCc3nn(C)cc32)CC1. The number of rotatable bonds is 9. The highest BCUT2D eigenvalue weighted by Gasteiger charge is 2.34. The van der Waals surface area contributed by atoms with Crippen LogP contribution in [0.4, 0.5) is 8.78 Å². The summed E-state index contributed by atoms with van der Waals surface area (Å²) in [4.78, 5) is 21.1. The molecule has 1 amide bonds. The van der Waals surface area contributed by atoms with Crippen LogP contribution in [0, 0.1) is 5.92 Å². The molecule has 1 aliphatic heterocycles. The number of hydrogen-bond acceptors (Lipinski definition) is 7. The fraction of sp³-hybridized carbons (Fsp3) is 0.741. The fourth-order valence-corrected chi connectivity index (χ4v) is 7.09. The smallest absolute Gasteiger partial charge is 0.278 e. The van der Waals surface area contributed by atoms with Crippen LogP contribution in [-0.2, 0) is 36.0 Å². The Morgan fingerprint density at radius 2 is 2.03 bits per heavy atom. The topological polar surface area (TPSA) is 81.5 Å². The van der Waals surface area contributed by atoms with Crippen LogP contribution >= 0.6 is 11.3 Å². The minimum atomic E-state index is -2.87. The number of carbonyl (C=O) groups excluding carboxylic acids is 1. The summed E-state index contributed by atoms with van der Waals surface area (Å²) in [5.41, 5.74) is 3.09. The van der Waals surface area contributed by atoms with Gasteiger partial charge < -0.3 is 14.8 Å². The molecule has 1 fully saturated rings. The van der Waals surface area contributed by atoms with Crippen molar-refractivity contribution < 1.29 is 23.0 Å². The van der Waals surface area contributed by atoms with E-state index in [4.69, 9.17) is 9.47 Å². The molecule has 0 spiro atoms. The molecule has 3 aliphatic rings. The van der Waals surface area contributed by atoms with Gasteiger partial charge in [-0.2, -0.15) is 5.10 Å². The molecule has 1 saturated carbocycles. The fourth-order valence-electron chi connectivity index (χ4n) is 6.18. The Morgan fingerprint density at radius 3 is 2.76 bits per heavy atom. The van der Waals surface area contributed by atoms with E-state index in [9.17, 15) is 13.6 Å². The van der Waals surface area contributed by atoms with Gasteiger partial charge in [0.2, 0.25) is 5.91 Å². The zero-order valence-electron chi connectivity index (χ0n) is 22.5. The highest BCUT2D eigenvalue weighted by molar-refractivity contribution is 7.13. The molecule has 0 bridgehead atoms. The number of carbonyl (C=O) groups is 1. The monoisotopic (exact) mass is 551 g/mol. The van der Waals surface area contributed by atoms with Crippen LogP contribution in [0.1, 0.15) is 73.2 Å². The van der Waals surface area contributed by atoms with Crippen LogP contribution in [0.3, 0.4) is 0 Å². The molecule has 8 nitrogen and oxygen atoms in total. The van der Waals surface area contributed by atoms with E-state index in [1.807, 2.05) is 17.9 Å². The van der Waals surface area contributed by atoms with E-state index < -0.39 is 12.5 Å². The molecule has 2 aliphatic carbocycles. The van der Waals surface area contributed by atoms with Crippen molar-refractivity contribution in [2.45, 2.75) is 88.8 Å². The largest absolute Gasteiger partial charge is 0.464 e. The first-order valence-corrected chi connectivity index (χ1v) is 14.6. The zero-order chi connectivity index (χ0) is 26.9. The van der Waals surface area contributed by atoms with Gasteiger partial charge in [-0.25, -0.2) is 13.8 Å². The third kappa shape index (κ3) is 6.54. The van der Waals surface area contributed by atoms with Crippen molar-refractivity contribution in [1.82, 2.24) is 25.0 Å². The van der Waals surface area contributed by atoms with Crippen LogP contribution in [0.5, 0.6) is 5.19 Å². The molecule has 2 aromatic heterocycles. The minimum absolute atomic E-state index is 0.0871. The van der Waals surface area contributed by atoms with Gasteiger partial charge in [-0.1, -0.05) is 11.3 Å². The predicted molar refractivity (Wildman–Crippen MR) is 141 cm³/mol. The maximum absolute atomic E-state index is 13.1. The van der Waals surface area contributed by atoms with Crippen molar-refractivity contribution in [3.63, 3.8) is 0 Å². The summed E-state index contributed by atoms with van der Waals surface area (Å²) < 4.78 is 39.3. The van der Waals surface area contributed by atoms with E-state index in [0.717, 1.165) is 93.2 Å². The van der Waals surface area contributed by atoms with Crippen LogP contribution in [0.25, 0.3) is 0 Å². The van der Waals surface area contributed by atoms with Crippen molar-refractivity contribution in [1.29, 1.82) is 0 Å². The normalized spacial score (nSPS) is 24.9. The van der Waals surface area contributed by atoms with E-state index in [-0.39, 0.29) is 24.0 Å². The minimum Gasteiger partial charge on any atom is -0.464 e. The molecule has 3 heterocycles. The Morgan fingerprint density at radius 1 is 1.24 bits per heavy atom. The highest BCUT2D eigenvalue weighted by Crippen LogP contribution is 2.34. The van der Waals surface area contributed by atoms with Crippen LogP contribution in [-0.4, -0.2) is 70.4 Å². The molecule has 38 heavy (non-hydrogen) atoms. The van der Waals surface area contributed by atoms with Gasteiger partial charge >= 0.3 is 0 Å². The number of ether oxygens (including phenoxy) is 2. The van der Waals surface area contributed by atoms with Gasteiger partial charge in [-0.05, 0) is 57.3 Å². The number of methoxy groups -OCH3 is 1. The van der Waals surface area contributed by atoms with Crippen molar-refractivity contribution >= 4 is 17.2 Å². The van der Waals surface area contributed by atoms with E-state index >= 15 is 0 Å². The average Bonchev–Trinajstić information content (AvgIpc) is 3.47. The highest BCUT2D eigenvalue weighted by atomic mass is 32.1. The van der Waals surface area contributed by atoms with E-state index in [1.54, 1.807) is 7.11 Å². The summed E-state index contributed by atoms with van der Waals surface area (Å²) in [6, 6.07) is 0.208. The lowest BCUT2D eigenvalue weighted by Crippen LogP contribution is -2.45. The van der Waals surface area contributed by atoms with Gasteiger partial charge in [-0.15, -0.1) is 0 Å². The number of amides is 1. The molecule has 0 aromatic carbocycles. The lowest BCUT2D eigenvalue weighted by molar-refractivity contribution is -0.124. The van der Waals surface area contributed by atoms with Crippen molar-refractivity contribution in [2.24, 2.45) is 13.0 Å². The Labute approximate surface area is 227 Å². The summed E-state index contributed by atoms with van der Waals surface area (Å²) in [6.45, 7) is 2.58. The van der Waals surface area contributed by atoms with Crippen molar-refractivity contribution in [2.75, 3.05) is 26.8 Å². The number of nitrogens with zero attached hydrogens (tertiary/aromatic N) is 4. The molecular formula is C27H39F2N5O3S. The number of fused-ring (bicyclic) bond motifs is 2. The van der Waals surface area contributed by atoms with E-state index in [1.165, 1.54) is 11.3 Å². The van der Waals surface area contributed by atoms with Gasteiger partial charge in [0, 0.05) is 63.4 Å². The Hall–Kier alpha value is -2.11. The zero-order valence-corrected chi connectivity index (χ0v) is 23.4. The van der Waals surface area contributed by atoms with Crippen molar-refractivity contribution in [3.05, 3.63) is 28.0 Å². The van der Waals surface area contributed by atoms with Crippen molar-refractivity contribution in [3.8, 4) is 5.19 Å². The van der Waals surface area contributed by atoms with E-state index in [0.29, 0.717) is 17.7 Å². The van der Waals surface area contributed by atoms with Crippen LogP contribution < -0.4 is 10.1 Å². The number of aromatic nitrogens is 3. The average molecular weight is 552 g/mol.